The summed E-state index contributed by atoms with van der Waals surface area (Å²) < 4.78 is 0. The Hall–Kier alpha value is -1.37. The van der Waals surface area contributed by atoms with Crippen LogP contribution in [0.1, 0.15) is 16.7 Å². The van der Waals surface area contributed by atoms with Gasteiger partial charge in [0.15, 0.2) is 0 Å². The summed E-state index contributed by atoms with van der Waals surface area (Å²) in [6.07, 6.45) is 0. The highest BCUT2D eigenvalue weighted by atomic mass is 32.1. The number of carbonyl (C=O) groups excluding carboxylic acids is 1. The third-order valence-electron chi connectivity index (χ3n) is 2.65. The van der Waals surface area contributed by atoms with E-state index in [9.17, 15) is 9.90 Å². The summed E-state index contributed by atoms with van der Waals surface area (Å²) in [7, 11) is 0. The summed E-state index contributed by atoms with van der Waals surface area (Å²) in [5.41, 5.74) is -1.03. The van der Waals surface area contributed by atoms with E-state index in [0.717, 1.165) is 9.75 Å². The first-order valence-electron chi connectivity index (χ1n) is 5.88. The lowest BCUT2D eigenvalue weighted by Crippen LogP contribution is -2.42. The number of rotatable bonds is 5. The van der Waals surface area contributed by atoms with E-state index >= 15 is 0 Å². The minimum atomic E-state index is -1.03. The van der Waals surface area contributed by atoms with Gasteiger partial charge >= 0.3 is 6.03 Å². The Kier molecular flexibility index (Phi) is 4.57. The number of amides is 2. The third-order valence-corrected chi connectivity index (χ3v) is 4.65. The van der Waals surface area contributed by atoms with Gasteiger partial charge in [0.2, 0.25) is 0 Å². The molecule has 1 atom stereocenters. The van der Waals surface area contributed by atoms with Crippen LogP contribution in [0.15, 0.2) is 35.0 Å². The zero-order valence-electron chi connectivity index (χ0n) is 10.6. The fraction of sp³-hybridized carbons (Fsp3) is 0.308. The fourth-order valence-electron chi connectivity index (χ4n) is 1.57. The third kappa shape index (κ3) is 4.05. The molecule has 3 N–H and O–H groups in total. The van der Waals surface area contributed by atoms with Crippen LogP contribution in [-0.4, -0.2) is 17.7 Å². The Morgan fingerprint density at radius 1 is 1.26 bits per heavy atom. The molecule has 2 rings (SSSR count). The highest BCUT2D eigenvalue weighted by molar-refractivity contribution is 7.10. The first-order chi connectivity index (χ1) is 9.08. The van der Waals surface area contributed by atoms with Crippen molar-refractivity contribution in [2.75, 3.05) is 6.54 Å². The van der Waals surface area contributed by atoms with Crippen molar-refractivity contribution in [2.45, 2.75) is 19.1 Å². The van der Waals surface area contributed by atoms with Crippen molar-refractivity contribution in [1.82, 2.24) is 10.6 Å². The normalized spacial score (nSPS) is 13.8. The number of hydrogen-bond donors (Lipinski definition) is 3. The lowest BCUT2D eigenvalue weighted by atomic mass is 10.1. The molecule has 0 radical (unpaired) electrons. The van der Waals surface area contributed by atoms with E-state index in [1.165, 1.54) is 11.3 Å². The lowest BCUT2D eigenvalue weighted by molar-refractivity contribution is 0.0631. The average molecular weight is 296 g/mol. The van der Waals surface area contributed by atoms with Crippen molar-refractivity contribution in [2.24, 2.45) is 0 Å². The molecule has 6 heteroatoms. The number of carbonyl (C=O) groups is 1. The Morgan fingerprint density at radius 3 is 2.63 bits per heavy atom. The predicted octanol–water partition coefficient (Wildman–Crippen LogP) is 2.52. The van der Waals surface area contributed by atoms with Gasteiger partial charge in [-0.15, -0.1) is 22.7 Å². The summed E-state index contributed by atoms with van der Waals surface area (Å²) in [6.45, 7) is 2.38. The molecule has 0 saturated carbocycles. The summed E-state index contributed by atoms with van der Waals surface area (Å²) >= 11 is 3.07. The molecule has 0 aliphatic heterocycles. The summed E-state index contributed by atoms with van der Waals surface area (Å²) in [5.74, 6) is 0. The van der Waals surface area contributed by atoms with Crippen LogP contribution in [0.4, 0.5) is 4.79 Å². The molecule has 0 bridgehead atoms. The second-order valence-electron chi connectivity index (χ2n) is 4.37. The van der Waals surface area contributed by atoms with Crippen molar-refractivity contribution >= 4 is 28.7 Å². The molecule has 2 aromatic rings. The highest BCUT2D eigenvalue weighted by Crippen LogP contribution is 2.24. The second-order valence-corrected chi connectivity index (χ2v) is 6.35. The number of urea groups is 1. The van der Waals surface area contributed by atoms with E-state index < -0.39 is 5.60 Å². The number of thiophene rings is 2. The molecule has 0 aliphatic carbocycles. The molecule has 19 heavy (non-hydrogen) atoms. The first-order valence-corrected chi connectivity index (χ1v) is 7.64. The lowest BCUT2D eigenvalue weighted by Gasteiger charge is -2.22. The fourth-order valence-corrected chi connectivity index (χ4v) is 3.00. The first kappa shape index (κ1) is 14.0. The second kappa shape index (κ2) is 6.18. The Balaban J connectivity index is 1.77. The van der Waals surface area contributed by atoms with Gasteiger partial charge in [0.1, 0.15) is 5.60 Å². The molecular weight excluding hydrogens is 280 g/mol. The molecule has 2 amide bonds. The van der Waals surface area contributed by atoms with Gasteiger partial charge in [-0.25, -0.2) is 4.79 Å². The maximum atomic E-state index is 11.6. The minimum absolute atomic E-state index is 0.184. The molecule has 1 unspecified atom stereocenters. The molecule has 0 spiro atoms. The van der Waals surface area contributed by atoms with Crippen LogP contribution in [-0.2, 0) is 12.1 Å². The highest BCUT2D eigenvalue weighted by Gasteiger charge is 2.24. The number of nitrogens with one attached hydrogen (secondary N) is 2. The van der Waals surface area contributed by atoms with Crippen LogP contribution in [0.2, 0.25) is 0 Å². The van der Waals surface area contributed by atoms with Crippen LogP contribution >= 0.6 is 22.7 Å². The van der Waals surface area contributed by atoms with Crippen LogP contribution in [0.5, 0.6) is 0 Å². The van der Waals surface area contributed by atoms with Gasteiger partial charge in [-0.3, -0.25) is 0 Å². The maximum Gasteiger partial charge on any atom is 0.315 e. The van der Waals surface area contributed by atoms with E-state index in [1.54, 1.807) is 18.3 Å². The van der Waals surface area contributed by atoms with Gasteiger partial charge in [0.05, 0.1) is 13.1 Å². The topological polar surface area (TPSA) is 61.4 Å². The van der Waals surface area contributed by atoms with E-state index in [4.69, 9.17) is 0 Å². The van der Waals surface area contributed by atoms with Crippen LogP contribution in [0.25, 0.3) is 0 Å². The summed E-state index contributed by atoms with van der Waals surface area (Å²) in [6, 6.07) is 7.38. The molecule has 2 heterocycles. The Bertz CT molecular complexity index is 507. The zero-order chi connectivity index (χ0) is 13.7. The van der Waals surface area contributed by atoms with Gasteiger partial charge < -0.3 is 15.7 Å². The number of hydrogen-bond acceptors (Lipinski definition) is 4. The van der Waals surface area contributed by atoms with Crippen molar-refractivity contribution in [3.63, 3.8) is 0 Å². The van der Waals surface area contributed by atoms with Gasteiger partial charge in [-0.1, -0.05) is 12.1 Å². The molecule has 4 nitrogen and oxygen atoms in total. The smallest absolute Gasteiger partial charge is 0.315 e. The minimum Gasteiger partial charge on any atom is -0.383 e. The number of aliphatic hydroxyl groups is 1. The van der Waals surface area contributed by atoms with Crippen molar-refractivity contribution in [1.29, 1.82) is 0 Å². The van der Waals surface area contributed by atoms with Gasteiger partial charge in [-0.05, 0) is 29.8 Å². The van der Waals surface area contributed by atoms with Gasteiger partial charge in [0.25, 0.3) is 0 Å². The van der Waals surface area contributed by atoms with E-state index in [-0.39, 0.29) is 12.6 Å². The molecule has 2 aromatic heterocycles. The molecule has 0 aromatic carbocycles. The van der Waals surface area contributed by atoms with Crippen molar-refractivity contribution in [3.05, 3.63) is 44.8 Å². The zero-order valence-corrected chi connectivity index (χ0v) is 12.2. The largest absolute Gasteiger partial charge is 0.383 e. The quantitative estimate of drug-likeness (QED) is 0.794. The molecular formula is C13H16N2O2S2. The molecule has 0 fully saturated rings. The van der Waals surface area contributed by atoms with Crippen LogP contribution < -0.4 is 10.6 Å². The van der Waals surface area contributed by atoms with E-state index in [0.29, 0.717) is 6.54 Å². The average Bonchev–Trinajstić information content (AvgIpc) is 3.06. The van der Waals surface area contributed by atoms with Crippen LogP contribution in [0.3, 0.4) is 0 Å². The maximum absolute atomic E-state index is 11.6. The predicted molar refractivity (Wildman–Crippen MR) is 78.4 cm³/mol. The summed E-state index contributed by atoms with van der Waals surface area (Å²) in [5, 5.41) is 19.6. The molecule has 0 saturated heterocycles. The monoisotopic (exact) mass is 296 g/mol. The SMILES string of the molecule is CC(O)(CNC(=O)NCc1cccs1)c1cccs1. The molecule has 102 valence electrons. The van der Waals surface area contributed by atoms with E-state index in [2.05, 4.69) is 10.6 Å². The summed E-state index contributed by atoms with van der Waals surface area (Å²) in [4.78, 5) is 13.6. The standard InChI is InChI=1S/C13H16N2O2S2/c1-13(17,11-5-3-7-19-11)9-15-12(16)14-8-10-4-2-6-18-10/h2-7,17H,8-9H2,1H3,(H2,14,15,16). The van der Waals surface area contributed by atoms with Gasteiger partial charge in [-0.2, -0.15) is 0 Å². The van der Waals surface area contributed by atoms with Crippen molar-refractivity contribution in [3.8, 4) is 0 Å². The molecule has 0 aliphatic rings. The van der Waals surface area contributed by atoms with Crippen molar-refractivity contribution < 1.29 is 9.90 Å². The Morgan fingerprint density at radius 2 is 2.00 bits per heavy atom. The van der Waals surface area contributed by atoms with Crippen LogP contribution in [0, 0.1) is 0 Å². The van der Waals surface area contributed by atoms with E-state index in [1.807, 2.05) is 35.0 Å². The Labute approximate surface area is 120 Å². The van der Waals surface area contributed by atoms with Gasteiger partial charge in [0, 0.05) is 9.75 Å².